The maximum Gasteiger partial charge on any atom is 0.407 e. The largest absolute Gasteiger partial charge is 0.453 e. The van der Waals surface area contributed by atoms with Crippen LogP contribution < -0.4 is 10.2 Å². The highest BCUT2D eigenvalue weighted by atomic mass is 16.5. The number of methoxy groups -OCH3 is 1. The van der Waals surface area contributed by atoms with E-state index in [1.165, 1.54) is 45.0 Å². The van der Waals surface area contributed by atoms with Crippen LogP contribution in [-0.4, -0.2) is 43.1 Å². The highest BCUT2D eigenvalue weighted by Crippen LogP contribution is 2.40. The molecule has 2 heterocycles. The van der Waals surface area contributed by atoms with Gasteiger partial charge < -0.3 is 15.0 Å². The number of hydrogen-bond donors (Lipinski definition) is 1. The number of nitrogens with zero attached hydrogens (tertiary/aromatic N) is 2. The Morgan fingerprint density at radius 1 is 1.03 bits per heavy atom. The number of nitrogens with one attached hydrogen (secondary N) is 1. The molecule has 0 aliphatic carbocycles. The van der Waals surface area contributed by atoms with Crippen LogP contribution in [-0.2, 0) is 16.1 Å². The monoisotopic (exact) mass is 449 g/mol. The molecule has 0 radical (unpaired) electrons. The molecule has 33 heavy (non-hydrogen) atoms. The van der Waals surface area contributed by atoms with Gasteiger partial charge in [-0.1, -0.05) is 43.7 Å². The van der Waals surface area contributed by atoms with Gasteiger partial charge in [-0.2, -0.15) is 0 Å². The van der Waals surface area contributed by atoms with Gasteiger partial charge in [0.05, 0.1) is 13.2 Å². The zero-order chi connectivity index (χ0) is 23.4. The van der Waals surface area contributed by atoms with Crippen LogP contribution in [0.5, 0.6) is 0 Å². The van der Waals surface area contributed by atoms with Crippen molar-refractivity contribution in [1.29, 1.82) is 0 Å². The smallest absolute Gasteiger partial charge is 0.407 e. The van der Waals surface area contributed by atoms with E-state index in [2.05, 4.69) is 53.5 Å². The van der Waals surface area contributed by atoms with Crippen LogP contribution in [0.1, 0.15) is 63.1 Å². The fourth-order valence-electron chi connectivity index (χ4n) is 5.23. The number of anilines is 1. The number of carbonyl (C=O) groups excluding carboxylic acids is 2. The fraction of sp³-hybridized carbons (Fsp3) is 0.481. The summed E-state index contributed by atoms with van der Waals surface area (Å²) < 4.78 is 4.87. The summed E-state index contributed by atoms with van der Waals surface area (Å²) in [6.45, 7) is 7.05. The lowest BCUT2D eigenvalue weighted by Crippen LogP contribution is -2.46. The molecular formula is C27H35N3O3. The van der Waals surface area contributed by atoms with E-state index in [4.69, 9.17) is 4.74 Å². The molecule has 0 aromatic heterocycles. The van der Waals surface area contributed by atoms with E-state index in [9.17, 15) is 9.59 Å². The number of carbonyl (C=O) groups is 2. The summed E-state index contributed by atoms with van der Waals surface area (Å²) in [5.41, 5.74) is 5.36. The minimum atomic E-state index is -0.454. The molecule has 0 unspecified atom stereocenters. The van der Waals surface area contributed by atoms with Gasteiger partial charge in [-0.05, 0) is 73.2 Å². The Morgan fingerprint density at radius 3 is 2.36 bits per heavy atom. The van der Waals surface area contributed by atoms with Crippen molar-refractivity contribution >= 4 is 17.7 Å². The van der Waals surface area contributed by atoms with Crippen LogP contribution in [0.25, 0.3) is 11.1 Å². The SMILES string of the molecule is CC[C@@H]1C[C@H](NC(=O)OC)c2cc(-c3ccc(CN4CCCCC4)cc3)ccc2N1C(C)=O. The van der Waals surface area contributed by atoms with Gasteiger partial charge >= 0.3 is 6.09 Å². The molecule has 0 spiro atoms. The third kappa shape index (κ3) is 5.22. The van der Waals surface area contributed by atoms with Crippen molar-refractivity contribution in [2.24, 2.45) is 0 Å². The van der Waals surface area contributed by atoms with Gasteiger partial charge in [0, 0.05) is 25.2 Å². The minimum absolute atomic E-state index is 0.0226. The van der Waals surface area contributed by atoms with Crippen molar-refractivity contribution in [2.75, 3.05) is 25.1 Å². The van der Waals surface area contributed by atoms with Crippen LogP contribution >= 0.6 is 0 Å². The topological polar surface area (TPSA) is 61.9 Å². The third-order valence-corrected chi connectivity index (χ3v) is 6.97. The number of ether oxygens (including phenoxy) is 1. The van der Waals surface area contributed by atoms with Gasteiger partial charge in [-0.25, -0.2) is 4.79 Å². The van der Waals surface area contributed by atoms with Gasteiger partial charge in [0.15, 0.2) is 0 Å². The summed E-state index contributed by atoms with van der Waals surface area (Å²) in [4.78, 5) is 28.9. The Balaban J connectivity index is 1.62. The van der Waals surface area contributed by atoms with Crippen LogP contribution in [0.3, 0.4) is 0 Å². The molecule has 2 atom stereocenters. The Kier molecular flexibility index (Phi) is 7.33. The summed E-state index contributed by atoms with van der Waals surface area (Å²) in [7, 11) is 1.38. The lowest BCUT2D eigenvalue weighted by molar-refractivity contribution is -0.117. The standard InChI is InChI=1S/C27H35N3O3/c1-4-23-17-25(28-27(32)33-3)24-16-22(12-13-26(24)30(23)19(2)31)21-10-8-20(9-11-21)18-29-14-6-5-7-15-29/h8-13,16,23,25H,4-7,14-15,17-18H2,1-3H3,(H,28,32)/t23-,25+/m1/s1. The maximum absolute atomic E-state index is 12.5. The number of benzene rings is 2. The number of rotatable bonds is 5. The summed E-state index contributed by atoms with van der Waals surface area (Å²) >= 11 is 0. The summed E-state index contributed by atoms with van der Waals surface area (Å²) in [5, 5.41) is 2.98. The van der Waals surface area contributed by atoms with E-state index >= 15 is 0 Å². The average molecular weight is 450 g/mol. The molecule has 6 heteroatoms. The number of fused-ring (bicyclic) bond motifs is 1. The quantitative estimate of drug-likeness (QED) is 0.675. The molecule has 2 aromatic carbocycles. The lowest BCUT2D eigenvalue weighted by atomic mass is 9.87. The summed E-state index contributed by atoms with van der Waals surface area (Å²) in [6, 6.07) is 14.8. The van der Waals surface area contributed by atoms with E-state index in [-0.39, 0.29) is 18.0 Å². The van der Waals surface area contributed by atoms with Crippen molar-refractivity contribution in [3.05, 3.63) is 53.6 Å². The van der Waals surface area contributed by atoms with Crippen molar-refractivity contribution in [1.82, 2.24) is 10.2 Å². The Bertz CT molecular complexity index is 983. The molecule has 2 aromatic rings. The second-order valence-electron chi connectivity index (χ2n) is 9.18. The number of amides is 2. The van der Waals surface area contributed by atoms with Crippen LogP contribution in [0.15, 0.2) is 42.5 Å². The Hall–Kier alpha value is -2.86. The summed E-state index contributed by atoms with van der Waals surface area (Å²) in [5.74, 6) is 0.0226. The van der Waals surface area contributed by atoms with Crippen LogP contribution in [0.4, 0.5) is 10.5 Å². The lowest BCUT2D eigenvalue weighted by Gasteiger charge is -2.40. The van der Waals surface area contributed by atoms with Gasteiger partial charge in [0.25, 0.3) is 0 Å². The molecule has 0 saturated carbocycles. The first-order valence-electron chi connectivity index (χ1n) is 12.1. The normalized spacial score (nSPS) is 20.8. The molecule has 1 saturated heterocycles. The van der Waals surface area contributed by atoms with E-state index in [0.29, 0.717) is 6.42 Å². The Labute approximate surface area is 196 Å². The number of hydrogen-bond acceptors (Lipinski definition) is 4. The van der Waals surface area contributed by atoms with E-state index in [1.807, 2.05) is 11.0 Å². The van der Waals surface area contributed by atoms with E-state index < -0.39 is 6.09 Å². The maximum atomic E-state index is 12.5. The average Bonchev–Trinajstić information content (AvgIpc) is 2.84. The molecule has 0 bridgehead atoms. The van der Waals surface area contributed by atoms with Gasteiger partial charge in [-0.3, -0.25) is 9.69 Å². The van der Waals surface area contributed by atoms with E-state index in [0.717, 1.165) is 35.3 Å². The van der Waals surface area contributed by atoms with Crippen LogP contribution in [0, 0.1) is 0 Å². The first kappa shape index (κ1) is 23.3. The molecule has 2 aliphatic heterocycles. The molecule has 2 amide bonds. The second kappa shape index (κ2) is 10.4. The predicted octanol–water partition coefficient (Wildman–Crippen LogP) is 5.27. The first-order valence-corrected chi connectivity index (χ1v) is 12.1. The van der Waals surface area contributed by atoms with Crippen LogP contribution in [0.2, 0.25) is 0 Å². The van der Waals surface area contributed by atoms with Gasteiger partial charge in [0.1, 0.15) is 0 Å². The molecule has 6 nitrogen and oxygen atoms in total. The zero-order valence-corrected chi connectivity index (χ0v) is 20.0. The minimum Gasteiger partial charge on any atom is -0.453 e. The number of alkyl carbamates (subject to hydrolysis) is 1. The predicted molar refractivity (Wildman–Crippen MR) is 131 cm³/mol. The Morgan fingerprint density at radius 2 is 1.73 bits per heavy atom. The number of piperidine rings is 1. The second-order valence-corrected chi connectivity index (χ2v) is 9.18. The van der Waals surface area contributed by atoms with E-state index in [1.54, 1.807) is 6.92 Å². The molecule has 2 aliphatic rings. The van der Waals surface area contributed by atoms with Crippen molar-refractivity contribution in [3.63, 3.8) is 0 Å². The van der Waals surface area contributed by atoms with Gasteiger partial charge in [-0.15, -0.1) is 0 Å². The highest BCUT2D eigenvalue weighted by Gasteiger charge is 2.35. The highest BCUT2D eigenvalue weighted by molar-refractivity contribution is 5.94. The molecule has 176 valence electrons. The first-order chi connectivity index (χ1) is 16.0. The van der Waals surface area contributed by atoms with Crippen molar-refractivity contribution in [2.45, 2.75) is 64.6 Å². The van der Waals surface area contributed by atoms with Crippen molar-refractivity contribution in [3.8, 4) is 11.1 Å². The molecule has 1 N–H and O–H groups in total. The fourth-order valence-corrected chi connectivity index (χ4v) is 5.23. The van der Waals surface area contributed by atoms with Gasteiger partial charge in [0.2, 0.25) is 5.91 Å². The third-order valence-electron chi connectivity index (χ3n) is 6.97. The molecule has 4 rings (SSSR count). The summed E-state index contributed by atoms with van der Waals surface area (Å²) in [6.07, 6.45) is 4.97. The van der Waals surface area contributed by atoms with Crippen molar-refractivity contribution < 1.29 is 14.3 Å². The molecular weight excluding hydrogens is 414 g/mol. The number of likely N-dealkylation sites (tertiary alicyclic amines) is 1. The molecule has 1 fully saturated rings. The zero-order valence-electron chi connectivity index (χ0n) is 20.0.